The molecular weight excluding hydrogens is 210 g/mol. The van der Waals surface area contributed by atoms with Gasteiger partial charge in [-0.1, -0.05) is 0 Å². The monoisotopic (exact) mass is 221 g/mol. The molecule has 1 aliphatic carbocycles. The predicted molar refractivity (Wildman–Crippen MR) is 62.1 cm³/mol. The molecule has 1 saturated carbocycles. The molecule has 14 heavy (non-hydrogen) atoms. The maximum atomic E-state index is 4.68. The van der Waals surface area contributed by atoms with E-state index in [1.165, 1.54) is 33.3 Å². The second-order valence-corrected chi connectivity index (χ2v) is 5.93. The van der Waals surface area contributed by atoms with Crippen molar-refractivity contribution in [3.63, 3.8) is 0 Å². The Labute approximate surface area is 91.4 Å². The first-order valence-electron chi connectivity index (χ1n) is 4.85. The molecule has 1 fully saturated rings. The summed E-state index contributed by atoms with van der Waals surface area (Å²) in [5.41, 5.74) is 1.18. The number of thiazole rings is 1. The van der Waals surface area contributed by atoms with Crippen LogP contribution in [-0.2, 0) is 0 Å². The van der Waals surface area contributed by atoms with E-state index >= 15 is 0 Å². The van der Waals surface area contributed by atoms with E-state index in [9.17, 15) is 0 Å². The Kier molecular flexibility index (Phi) is 1.96. The molecule has 0 bridgehead atoms. The van der Waals surface area contributed by atoms with Crippen molar-refractivity contribution in [3.05, 3.63) is 27.4 Å². The molecule has 0 unspecified atom stereocenters. The van der Waals surface area contributed by atoms with Crippen LogP contribution in [0.4, 0.5) is 0 Å². The highest BCUT2D eigenvalue weighted by molar-refractivity contribution is 7.16. The van der Waals surface area contributed by atoms with Crippen molar-refractivity contribution >= 4 is 22.7 Å². The molecule has 0 atom stereocenters. The highest BCUT2D eigenvalue weighted by Crippen LogP contribution is 2.42. The molecule has 0 radical (unpaired) electrons. The summed E-state index contributed by atoms with van der Waals surface area (Å²) in [6.45, 7) is 2.14. The molecule has 0 saturated heterocycles. The van der Waals surface area contributed by atoms with Gasteiger partial charge in [0, 0.05) is 16.2 Å². The zero-order chi connectivity index (χ0) is 9.54. The van der Waals surface area contributed by atoms with Gasteiger partial charge in [-0.05, 0) is 31.9 Å². The van der Waals surface area contributed by atoms with Crippen molar-refractivity contribution in [2.75, 3.05) is 0 Å². The number of thiophene rings is 1. The maximum Gasteiger partial charge on any atom is 0.0963 e. The minimum absolute atomic E-state index is 0.787. The summed E-state index contributed by atoms with van der Waals surface area (Å²) in [7, 11) is 0. The van der Waals surface area contributed by atoms with Gasteiger partial charge in [0.25, 0.3) is 0 Å². The smallest absolute Gasteiger partial charge is 0.0963 e. The average molecular weight is 221 g/mol. The number of rotatable bonds is 2. The van der Waals surface area contributed by atoms with E-state index in [-0.39, 0.29) is 0 Å². The van der Waals surface area contributed by atoms with Gasteiger partial charge in [-0.25, -0.2) is 4.98 Å². The van der Waals surface area contributed by atoms with E-state index in [4.69, 9.17) is 0 Å². The van der Waals surface area contributed by atoms with Crippen molar-refractivity contribution in [1.29, 1.82) is 0 Å². The van der Waals surface area contributed by atoms with Crippen LogP contribution < -0.4 is 0 Å². The molecule has 0 spiro atoms. The molecule has 0 N–H and O–H groups in total. The highest BCUT2D eigenvalue weighted by atomic mass is 32.1. The number of nitrogens with zero attached hydrogens (tertiary/aromatic N) is 1. The first-order chi connectivity index (χ1) is 6.83. The molecule has 72 valence electrons. The van der Waals surface area contributed by atoms with Crippen molar-refractivity contribution in [2.45, 2.75) is 25.7 Å². The molecule has 2 heterocycles. The summed E-state index contributed by atoms with van der Waals surface area (Å²) in [6.07, 6.45) is 2.69. The van der Waals surface area contributed by atoms with Crippen LogP contribution in [0.15, 0.2) is 17.5 Å². The van der Waals surface area contributed by atoms with Gasteiger partial charge >= 0.3 is 0 Å². The Hall–Kier alpha value is -0.670. The zero-order valence-electron chi connectivity index (χ0n) is 7.99. The van der Waals surface area contributed by atoms with Gasteiger partial charge in [0.2, 0.25) is 0 Å². The van der Waals surface area contributed by atoms with Crippen LogP contribution in [0.5, 0.6) is 0 Å². The molecule has 2 aromatic heterocycles. The third kappa shape index (κ3) is 1.51. The number of hydrogen-bond donors (Lipinski definition) is 0. The number of aromatic nitrogens is 1. The predicted octanol–water partition coefficient (Wildman–Crippen LogP) is 4.06. The van der Waals surface area contributed by atoms with Crippen molar-refractivity contribution in [2.24, 2.45) is 0 Å². The maximum absolute atomic E-state index is 4.68. The van der Waals surface area contributed by atoms with Crippen LogP contribution in [0.3, 0.4) is 0 Å². The van der Waals surface area contributed by atoms with Crippen LogP contribution in [-0.4, -0.2) is 4.98 Å². The third-order valence-electron chi connectivity index (χ3n) is 2.44. The first-order valence-corrected chi connectivity index (χ1v) is 6.55. The minimum Gasteiger partial charge on any atom is -0.240 e. The molecule has 0 aliphatic heterocycles. The summed E-state index contributed by atoms with van der Waals surface area (Å²) >= 11 is 3.65. The molecule has 1 aliphatic rings. The standard InChI is InChI=1S/C11H11NS2/c1-7-2-5-10(14-7)9-6-13-11(12-9)8-3-4-8/h2,5-6,8H,3-4H2,1H3. The van der Waals surface area contributed by atoms with Gasteiger partial charge in [-0.15, -0.1) is 22.7 Å². The van der Waals surface area contributed by atoms with Gasteiger partial charge in [-0.3, -0.25) is 0 Å². The first kappa shape index (κ1) is 8.62. The Morgan fingerprint density at radius 3 is 2.86 bits per heavy atom. The second-order valence-electron chi connectivity index (χ2n) is 3.76. The molecule has 3 heteroatoms. The van der Waals surface area contributed by atoms with Crippen LogP contribution in [0.1, 0.15) is 28.6 Å². The molecule has 0 amide bonds. The molecule has 0 aromatic carbocycles. The van der Waals surface area contributed by atoms with Gasteiger partial charge in [0.1, 0.15) is 0 Å². The Morgan fingerprint density at radius 1 is 1.36 bits per heavy atom. The lowest BCUT2D eigenvalue weighted by Crippen LogP contribution is -1.76. The van der Waals surface area contributed by atoms with E-state index < -0.39 is 0 Å². The van der Waals surface area contributed by atoms with Crippen molar-refractivity contribution < 1.29 is 0 Å². The molecule has 2 aromatic rings. The van der Waals surface area contributed by atoms with E-state index in [2.05, 4.69) is 29.4 Å². The molecule has 1 nitrogen and oxygen atoms in total. The summed E-state index contributed by atoms with van der Waals surface area (Å²) in [6, 6.07) is 4.34. The SMILES string of the molecule is Cc1ccc(-c2csc(C3CC3)n2)s1. The van der Waals surface area contributed by atoms with Gasteiger partial charge in [0.05, 0.1) is 15.6 Å². The lowest BCUT2D eigenvalue weighted by Gasteiger charge is -1.88. The summed E-state index contributed by atoms with van der Waals surface area (Å²) in [5, 5.41) is 3.53. The van der Waals surface area contributed by atoms with Gasteiger partial charge in [-0.2, -0.15) is 0 Å². The van der Waals surface area contributed by atoms with E-state index in [0.717, 1.165) is 5.92 Å². The van der Waals surface area contributed by atoms with E-state index in [1.54, 1.807) is 0 Å². The summed E-state index contributed by atoms with van der Waals surface area (Å²) < 4.78 is 0. The topological polar surface area (TPSA) is 12.9 Å². The Balaban J connectivity index is 1.95. The van der Waals surface area contributed by atoms with E-state index in [0.29, 0.717) is 0 Å². The lowest BCUT2D eigenvalue weighted by atomic mass is 10.3. The number of aryl methyl sites for hydroxylation is 1. The Bertz CT molecular complexity index is 451. The second kappa shape index (κ2) is 3.17. The van der Waals surface area contributed by atoms with Crippen LogP contribution in [0.25, 0.3) is 10.6 Å². The third-order valence-corrected chi connectivity index (χ3v) is 4.47. The largest absolute Gasteiger partial charge is 0.240 e. The van der Waals surface area contributed by atoms with Gasteiger partial charge < -0.3 is 0 Å². The van der Waals surface area contributed by atoms with E-state index in [1.807, 2.05) is 22.7 Å². The average Bonchev–Trinajstić information content (AvgIpc) is 2.76. The normalized spacial score (nSPS) is 16.1. The fourth-order valence-electron chi connectivity index (χ4n) is 1.49. The lowest BCUT2D eigenvalue weighted by molar-refractivity contribution is 1.09. The molecular formula is C11H11NS2. The fraction of sp³-hybridized carbons (Fsp3) is 0.364. The zero-order valence-corrected chi connectivity index (χ0v) is 9.62. The Morgan fingerprint density at radius 2 is 2.21 bits per heavy atom. The quantitative estimate of drug-likeness (QED) is 0.745. The molecule has 3 rings (SSSR count). The number of hydrogen-bond acceptors (Lipinski definition) is 3. The highest BCUT2D eigenvalue weighted by Gasteiger charge is 2.26. The van der Waals surface area contributed by atoms with Crippen molar-refractivity contribution in [1.82, 2.24) is 4.98 Å². The van der Waals surface area contributed by atoms with Crippen LogP contribution >= 0.6 is 22.7 Å². The fourth-order valence-corrected chi connectivity index (χ4v) is 3.38. The van der Waals surface area contributed by atoms with Gasteiger partial charge in [0.15, 0.2) is 0 Å². The van der Waals surface area contributed by atoms with Crippen LogP contribution in [0.2, 0.25) is 0 Å². The minimum atomic E-state index is 0.787. The van der Waals surface area contributed by atoms with Crippen molar-refractivity contribution in [3.8, 4) is 10.6 Å². The van der Waals surface area contributed by atoms with Crippen LogP contribution in [0, 0.1) is 6.92 Å². The summed E-state index contributed by atoms with van der Waals surface area (Å²) in [5.74, 6) is 0.787. The summed E-state index contributed by atoms with van der Waals surface area (Å²) in [4.78, 5) is 7.36.